The molecule has 0 radical (unpaired) electrons. The molecule has 0 saturated heterocycles. The molecule has 84 valence electrons. The van der Waals surface area contributed by atoms with Crippen molar-refractivity contribution in [2.45, 2.75) is 33.1 Å². The Kier molecular flexibility index (Phi) is 3.79. The van der Waals surface area contributed by atoms with E-state index in [2.05, 4.69) is 50.2 Å². The molecule has 0 aliphatic carbocycles. The second kappa shape index (κ2) is 5.31. The van der Waals surface area contributed by atoms with E-state index in [0.29, 0.717) is 0 Å². The summed E-state index contributed by atoms with van der Waals surface area (Å²) in [6.07, 6.45) is 3.49. The number of aryl methyl sites for hydroxylation is 4. The molecule has 0 fully saturated rings. The first-order chi connectivity index (χ1) is 7.78. The Morgan fingerprint density at radius 2 is 1.56 bits per heavy atom. The van der Waals surface area contributed by atoms with Crippen LogP contribution in [0, 0.1) is 6.92 Å². The molecule has 0 unspecified atom stereocenters. The van der Waals surface area contributed by atoms with Crippen LogP contribution >= 0.6 is 11.3 Å². The maximum absolute atomic E-state index is 2.28. The van der Waals surface area contributed by atoms with Crippen LogP contribution in [0.1, 0.15) is 27.8 Å². The van der Waals surface area contributed by atoms with Crippen LogP contribution in [0.2, 0.25) is 0 Å². The van der Waals surface area contributed by atoms with Gasteiger partial charge in [0, 0.05) is 9.75 Å². The predicted molar refractivity (Wildman–Crippen MR) is 72.3 cm³/mol. The van der Waals surface area contributed by atoms with Crippen molar-refractivity contribution in [2.24, 2.45) is 0 Å². The molecule has 2 rings (SSSR count). The van der Waals surface area contributed by atoms with Crippen LogP contribution in [0.4, 0.5) is 0 Å². The minimum atomic E-state index is 1.16. The second-order valence-corrected chi connectivity index (χ2v) is 5.46. The normalized spacial score (nSPS) is 10.6. The van der Waals surface area contributed by atoms with Crippen LogP contribution < -0.4 is 0 Å². The summed E-state index contributed by atoms with van der Waals surface area (Å²) in [5.41, 5.74) is 2.78. The summed E-state index contributed by atoms with van der Waals surface area (Å²) in [4.78, 5) is 3.01. The van der Waals surface area contributed by atoms with Crippen molar-refractivity contribution < 1.29 is 0 Å². The number of hydrogen-bond donors (Lipinski definition) is 0. The highest BCUT2D eigenvalue weighted by Gasteiger charge is 1.99. The van der Waals surface area contributed by atoms with Gasteiger partial charge in [0.15, 0.2) is 0 Å². The van der Waals surface area contributed by atoms with Crippen LogP contribution in [0.25, 0.3) is 0 Å². The molecule has 1 heterocycles. The number of thiophene rings is 1. The van der Waals surface area contributed by atoms with Gasteiger partial charge >= 0.3 is 0 Å². The maximum Gasteiger partial charge on any atom is 0.00514 e. The summed E-state index contributed by atoms with van der Waals surface area (Å²) in [6.45, 7) is 4.35. The van der Waals surface area contributed by atoms with E-state index >= 15 is 0 Å². The summed E-state index contributed by atoms with van der Waals surface area (Å²) >= 11 is 1.96. The quantitative estimate of drug-likeness (QED) is 0.730. The highest BCUT2D eigenvalue weighted by Crippen LogP contribution is 2.19. The molecule has 1 heteroatoms. The van der Waals surface area contributed by atoms with Crippen molar-refractivity contribution >= 4 is 11.3 Å². The Bertz CT molecular complexity index is 437. The Labute approximate surface area is 102 Å². The van der Waals surface area contributed by atoms with Crippen molar-refractivity contribution in [1.29, 1.82) is 0 Å². The van der Waals surface area contributed by atoms with Crippen molar-refractivity contribution in [3.8, 4) is 0 Å². The van der Waals surface area contributed by atoms with E-state index in [-0.39, 0.29) is 0 Å². The average molecular weight is 230 g/mol. The molecule has 0 aliphatic rings. The summed E-state index contributed by atoms with van der Waals surface area (Å²) in [5.74, 6) is 0. The van der Waals surface area contributed by atoms with E-state index in [0.717, 1.165) is 12.8 Å². The van der Waals surface area contributed by atoms with E-state index < -0.39 is 0 Å². The largest absolute Gasteiger partial charge is 0.145 e. The van der Waals surface area contributed by atoms with Gasteiger partial charge in [-0.15, -0.1) is 11.3 Å². The summed E-state index contributed by atoms with van der Waals surface area (Å²) < 4.78 is 0. The zero-order valence-electron chi connectivity index (χ0n) is 9.99. The molecule has 1 aromatic heterocycles. The van der Waals surface area contributed by atoms with Gasteiger partial charge in [-0.25, -0.2) is 0 Å². The van der Waals surface area contributed by atoms with E-state index in [1.807, 2.05) is 11.3 Å². The summed E-state index contributed by atoms with van der Waals surface area (Å²) in [5, 5.41) is 0. The molecular formula is C15H18S. The highest BCUT2D eigenvalue weighted by atomic mass is 32.1. The molecule has 0 amide bonds. The van der Waals surface area contributed by atoms with Gasteiger partial charge < -0.3 is 0 Å². The Balaban J connectivity index is 1.94. The van der Waals surface area contributed by atoms with Gasteiger partial charge in [0.1, 0.15) is 0 Å². The third-order valence-electron chi connectivity index (χ3n) is 2.85. The van der Waals surface area contributed by atoms with Gasteiger partial charge in [-0.3, -0.25) is 0 Å². The maximum atomic E-state index is 2.28. The third-order valence-corrected chi connectivity index (χ3v) is 4.14. The number of rotatable bonds is 4. The minimum Gasteiger partial charge on any atom is -0.145 e. The van der Waals surface area contributed by atoms with Crippen LogP contribution in [0.5, 0.6) is 0 Å². The zero-order chi connectivity index (χ0) is 11.4. The molecule has 0 N–H and O–H groups in total. The highest BCUT2D eigenvalue weighted by molar-refractivity contribution is 7.11. The standard InChI is InChI=1S/C15H18S/c1-3-14-10-11-15(16-14)9-8-13-6-4-12(2)5-7-13/h4-7,10-11H,3,8-9H2,1-2H3. The van der Waals surface area contributed by atoms with Crippen LogP contribution in [-0.2, 0) is 19.3 Å². The average Bonchev–Trinajstić information content (AvgIpc) is 2.76. The SMILES string of the molecule is CCc1ccc(CCc2ccc(C)cc2)s1. The number of benzene rings is 1. The monoisotopic (exact) mass is 230 g/mol. The van der Waals surface area contributed by atoms with E-state index in [4.69, 9.17) is 0 Å². The fourth-order valence-electron chi connectivity index (χ4n) is 1.77. The summed E-state index contributed by atoms with van der Waals surface area (Å²) in [7, 11) is 0. The molecular weight excluding hydrogens is 212 g/mol. The second-order valence-electron chi connectivity index (χ2n) is 4.21. The molecule has 0 saturated carbocycles. The lowest BCUT2D eigenvalue weighted by atomic mass is 10.1. The van der Waals surface area contributed by atoms with E-state index in [1.54, 1.807) is 0 Å². The topological polar surface area (TPSA) is 0 Å². The third kappa shape index (κ3) is 2.96. The Hall–Kier alpha value is -1.08. The van der Waals surface area contributed by atoms with E-state index in [1.165, 1.54) is 27.3 Å². The molecule has 0 spiro atoms. The first kappa shape index (κ1) is 11.4. The first-order valence-corrected chi connectivity index (χ1v) is 6.72. The predicted octanol–water partition coefficient (Wildman–Crippen LogP) is 4.40. The van der Waals surface area contributed by atoms with Crippen LogP contribution in [-0.4, -0.2) is 0 Å². The molecule has 0 aliphatic heterocycles. The molecule has 0 bridgehead atoms. The fraction of sp³-hybridized carbons (Fsp3) is 0.333. The van der Waals surface area contributed by atoms with Crippen LogP contribution in [0.15, 0.2) is 36.4 Å². The van der Waals surface area contributed by atoms with Gasteiger partial charge in [-0.05, 0) is 43.9 Å². The zero-order valence-corrected chi connectivity index (χ0v) is 10.8. The lowest BCUT2D eigenvalue weighted by Gasteiger charge is -2.00. The van der Waals surface area contributed by atoms with Gasteiger partial charge in [-0.1, -0.05) is 36.8 Å². The van der Waals surface area contributed by atoms with Crippen LogP contribution in [0.3, 0.4) is 0 Å². The van der Waals surface area contributed by atoms with Gasteiger partial charge in [-0.2, -0.15) is 0 Å². The smallest absolute Gasteiger partial charge is 0.00514 e. The van der Waals surface area contributed by atoms with E-state index in [9.17, 15) is 0 Å². The first-order valence-electron chi connectivity index (χ1n) is 5.91. The lowest BCUT2D eigenvalue weighted by Crippen LogP contribution is -1.88. The molecule has 16 heavy (non-hydrogen) atoms. The van der Waals surface area contributed by atoms with Crippen molar-refractivity contribution in [2.75, 3.05) is 0 Å². The van der Waals surface area contributed by atoms with Crippen molar-refractivity contribution in [1.82, 2.24) is 0 Å². The van der Waals surface area contributed by atoms with Gasteiger partial charge in [0.05, 0.1) is 0 Å². The lowest BCUT2D eigenvalue weighted by molar-refractivity contribution is 0.980. The fourth-order valence-corrected chi connectivity index (χ4v) is 2.73. The molecule has 0 nitrogen and oxygen atoms in total. The van der Waals surface area contributed by atoms with Gasteiger partial charge in [0.25, 0.3) is 0 Å². The Morgan fingerprint density at radius 1 is 0.875 bits per heavy atom. The molecule has 2 aromatic rings. The summed E-state index contributed by atoms with van der Waals surface area (Å²) in [6, 6.07) is 13.4. The van der Waals surface area contributed by atoms with Gasteiger partial charge in [0.2, 0.25) is 0 Å². The molecule has 0 atom stereocenters. The van der Waals surface area contributed by atoms with Crippen molar-refractivity contribution in [3.63, 3.8) is 0 Å². The van der Waals surface area contributed by atoms with Crippen molar-refractivity contribution in [3.05, 3.63) is 57.3 Å². The Morgan fingerprint density at radius 3 is 2.19 bits per heavy atom. The number of hydrogen-bond acceptors (Lipinski definition) is 1. The minimum absolute atomic E-state index is 1.16. The molecule has 1 aromatic carbocycles.